The van der Waals surface area contributed by atoms with Gasteiger partial charge in [0.15, 0.2) is 0 Å². The minimum atomic E-state index is -0.536. The molecule has 0 aliphatic heterocycles. The predicted octanol–water partition coefficient (Wildman–Crippen LogP) is 1.65. The third-order valence-electron chi connectivity index (χ3n) is 3.35. The van der Waals surface area contributed by atoms with Crippen LogP contribution in [0.25, 0.3) is 0 Å². The summed E-state index contributed by atoms with van der Waals surface area (Å²) in [6, 6.07) is 1.35. The third-order valence-corrected chi connectivity index (χ3v) is 4.32. The van der Waals surface area contributed by atoms with E-state index in [1.165, 1.54) is 10.7 Å². The topological polar surface area (TPSA) is 119 Å². The molecule has 2 aromatic rings. The van der Waals surface area contributed by atoms with Gasteiger partial charge < -0.3 is 20.4 Å². The van der Waals surface area contributed by atoms with Crippen LogP contribution in [0.5, 0.6) is 0 Å². The van der Waals surface area contributed by atoms with Gasteiger partial charge in [-0.3, -0.25) is 4.79 Å². The normalized spacial score (nSPS) is 10.7. The molecule has 130 valence electrons. The maximum Gasteiger partial charge on any atom is 0.389 e. The molecule has 2 N–H and O–H groups in total. The highest BCUT2D eigenvalue weighted by atomic mass is 32.2. The molecule has 0 spiro atoms. The largest absolute Gasteiger partial charge is 0.389 e. The zero-order chi connectivity index (χ0) is 17.4. The van der Waals surface area contributed by atoms with Crippen LogP contribution in [0.3, 0.4) is 0 Å². The number of nitrogens with zero attached hydrogens (tertiary/aromatic N) is 4. The number of aromatic nitrogens is 4. The van der Waals surface area contributed by atoms with Crippen molar-refractivity contribution in [2.24, 2.45) is 0 Å². The third kappa shape index (κ3) is 5.69. The van der Waals surface area contributed by atoms with Crippen LogP contribution in [0.15, 0.2) is 18.6 Å². The van der Waals surface area contributed by atoms with Crippen LogP contribution >= 0.6 is 11.8 Å². The summed E-state index contributed by atoms with van der Waals surface area (Å²) in [5.74, 6) is 1.45. The van der Waals surface area contributed by atoms with Gasteiger partial charge in [0.1, 0.15) is 0 Å². The van der Waals surface area contributed by atoms with Crippen molar-refractivity contribution in [2.45, 2.75) is 32.1 Å². The Morgan fingerprint density at radius 2 is 2.38 bits per heavy atom. The first-order chi connectivity index (χ1) is 11.6. The maximum atomic E-state index is 11.7. The van der Waals surface area contributed by atoms with Crippen molar-refractivity contribution in [1.82, 2.24) is 25.1 Å². The summed E-state index contributed by atoms with van der Waals surface area (Å²) in [5.41, 5.74) is 2.12. The van der Waals surface area contributed by atoms with Crippen molar-refractivity contribution in [1.29, 1.82) is 0 Å². The fraction of sp³-hybridized carbons (Fsp3) is 0.500. The minimum absolute atomic E-state index is 0.0202. The second-order valence-corrected chi connectivity index (χ2v) is 6.28. The van der Waals surface area contributed by atoms with Crippen LogP contribution in [0.2, 0.25) is 0 Å². The number of amides is 1. The predicted molar refractivity (Wildman–Crippen MR) is 90.6 cm³/mol. The summed E-state index contributed by atoms with van der Waals surface area (Å²) in [5, 5.41) is 17.2. The van der Waals surface area contributed by atoms with Crippen LogP contribution in [-0.2, 0) is 17.1 Å². The molecule has 2 aromatic heterocycles. The van der Waals surface area contributed by atoms with E-state index in [0.29, 0.717) is 25.9 Å². The molecule has 0 bridgehead atoms. The van der Waals surface area contributed by atoms with E-state index in [2.05, 4.69) is 20.4 Å². The van der Waals surface area contributed by atoms with Crippen LogP contribution in [0.4, 0.5) is 5.82 Å². The number of imidazole rings is 1. The van der Waals surface area contributed by atoms with Gasteiger partial charge in [0, 0.05) is 30.2 Å². The Kier molecular flexibility index (Phi) is 6.79. The van der Waals surface area contributed by atoms with E-state index in [1.54, 1.807) is 24.3 Å². The lowest BCUT2D eigenvalue weighted by Gasteiger charge is -2.04. The number of aryl methyl sites for hydroxylation is 2. The molecule has 2 rings (SSSR count). The molecular formula is C14H20N6O3S. The van der Waals surface area contributed by atoms with E-state index < -0.39 is 4.92 Å². The standard InChI is InChI=1S/C14H20N6O3S/c1-11-12(17-10-16-11)9-24-8-5-15-14(21)3-2-6-19-7-4-13(18-19)20(22)23/h4,7,10H,2-3,5-6,8-9H2,1H3,(H,15,21)(H,16,17). The Balaban J connectivity index is 1.53. The molecule has 0 saturated carbocycles. The number of hydrogen-bond acceptors (Lipinski definition) is 6. The SMILES string of the molecule is Cc1[nH]cnc1CSCCNC(=O)CCCn1ccc([N+](=O)[O-])n1. The first-order valence-electron chi connectivity index (χ1n) is 7.57. The van der Waals surface area contributed by atoms with E-state index in [4.69, 9.17) is 0 Å². The number of hydrogen-bond donors (Lipinski definition) is 2. The van der Waals surface area contributed by atoms with Gasteiger partial charge in [-0.2, -0.15) is 16.4 Å². The molecule has 24 heavy (non-hydrogen) atoms. The number of carbonyl (C=O) groups is 1. The number of thioether (sulfide) groups is 1. The van der Waals surface area contributed by atoms with Crippen molar-refractivity contribution in [3.05, 3.63) is 40.1 Å². The number of aromatic amines is 1. The lowest BCUT2D eigenvalue weighted by Crippen LogP contribution is -2.25. The van der Waals surface area contributed by atoms with Crippen LogP contribution in [-0.4, -0.2) is 42.9 Å². The van der Waals surface area contributed by atoms with Gasteiger partial charge in [-0.1, -0.05) is 0 Å². The molecular weight excluding hydrogens is 332 g/mol. The van der Waals surface area contributed by atoms with Gasteiger partial charge in [0.25, 0.3) is 0 Å². The number of nitro groups is 1. The molecule has 10 heteroatoms. The zero-order valence-electron chi connectivity index (χ0n) is 13.4. The molecule has 0 radical (unpaired) electrons. The average Bonchev–Trinajstić information content (AvgIpc) is 3.16. The number of carbonyl (C=O) groups excluding carboxylic acids is 1. The van der Waals surface area contributed by atoms with E-state index in [1.807, 2.05) is 6.92 Å². The molecule has 1 amide bonds. The molecule has 2 heterocycles. The second-order valence-electron chi connectivity index (χ2n) is 5.17. The van der Waals surface area contributed by atoms with Crippen LogP contribution < -0.4 is 5.32 Å². The summed E-state index contributed by atoms with van der Waals surface area (Å²) in [7, 11) is 0. The van der Waals surface area contributed by atoms with Crippen molar-refractivity contribution in [3.63, 3.8) is 0 Å². The average molecular weight is 352 g/mol. The molecule has 0 aromatic carbocycles. The smallest absolute Gasteiger partial charge is 0.358 e. The summed E-state index contributed by atoms with van der Waals surface area (Å²) >= 11 is 1.72. The fourth-order valence-corrected chi connectivity index (χ4v) is 2.90. The Morgan fingerprint density at radius 1 is 1.54 bits per heavy atom. The Morgan fingerprint density at radius 3 is 3.04 bits per heavy atom. The van der Waals surface area contributed by atoms with Gasteiger partial charge in [-0.25, -0.2) is 4.98 Å². The van der Waals surface area contributed by atoms with E-state index in [-0.39, 0.29) is 11.7 Å². The first kappa shape index (κ1) is 18.0. The van der Waals surface area contributed by atoms with Gasteiger partial charge >= 0.3 is 5.82 Å². The highest BCUT2D eigenvalue weighted by Gasteiger charge is 2.10. The monoisotopic (exact) mass is 352 g/mol. The lowest BCUT2D eigenvalue weighted by atomic mass is 10.3. The molecule has 0 unspecified atom stereocenters. The molecule has 0 aliphatic carbocycles. The molecule has 0 atom stereocenters. The Hall–Kier alpha value is -2.36. The maximum absolute atomic E-state index is 11.7. The highest BCUT2D eigenvalue weighted by molar-refractivity contribution is 7.98. The number of rotatable bonds is 10. The van der Waals surface area contributed by atoms with Crippen molar-refractivity contribution < 1.29 is 9.72 Å². The van der Waals surface area contributed by atoms with Crippen LogP contribution in [0.1, 0.15) is 24.2 Å². The minimum Gasteiger partial charge on any atom is -0.358 e. The Bertz CT molecular complexity index is 684. The van der Waals surface area contributed by atoms with Crippen molar-refractivity contribution in [2.75, 3.05) is 12.3 Å². The molecule has 0 fully saturated rings. The summed E-state index contributed by atoms with van der Waals surface area (Å²) in [6.07, 6.45) is 4.19. The van der Waals surface area contributed by atoms with E-state index >= 15 is 0 Å². The van der Waals surface area contributed by atoms with Gasteiger partial charge in [0.2, 0.25) is 5.91 Å². The quantitative estimate of drug-likeness (QED) is 0.381. The fourth-order valence-electron chi connectivity index (χ4n) is 2.03. The van der Waals surface area contributed by atoms with Gasteiger partial charge in [-0.15, -0.1) is 0 Å². The summed E-state index contributed by atoms with van der Waals surface area (Å²) < 4.78 is 1.48. The zero-order valence-corrected chi connectivity index (χ0v) is 14.2. The first-order valence-corrected chi connectivity index (χ1v) is 8.73. The van der Waals surface area contributed by atoms with Gasteiger partial charge in [0.05, 0.1) is 35.9 Å². The number of H-pyrrole nitrogens is 1. The molecule has 0 saturated heterocycles. The lowest BCUT2D eigenvalue weighted by molar-refractivity contribution is -0.389. The summed E-state index contributed by atoms with van der Waals surface area (Å²) in [6.45, 7) is 3.08. The molecule has 0 aliphatic rings. The summed E-state index contributed by atoms with van der Waals surface area (Å²) in [4.78, 5) is 28.9. The second kappa shape index (κ2) is 9.06. The van der Waals surface area contributed by atoms with E-state index in [9.17, 15) is 14.9 Å². The van der Waals surface area contributed by atoms with Crippen molar-refractivity contribution >= 4 is 23.5 Å². The molecule has 9 nitrogen and oxygen atoms in total. The van der Waals surface area contributed by atoms with E-state index in [0.717, 1.165) is 22.9 Å². The highest BCUT2D eigenvalue weighted by Crippen LogP contribution is 2.11. The van der Waals surface area contributed by atoms with Crippen LogP contribution in [0, 0.1) is 17.0 Å². The number of nitrogens with one attached hydrogen (secondary N) is 2. The van der Waals surface area contributed by atoms with Gasteiger partial charge in [-0.05, 0) is 18.3 Å². The Labute approximate surface area is 143 Å². The van der Waals surface area contributed by atoms with Crippen molar-refractivity contribution in [3.8, 4) is 0 Å².